The van der Waals surface area contributed by atoms with Crippen LogP contribution >= 0.6 is 35.4 Å². The Labute approximate surface area is 115 Å². The van der Waals surface area contributed by atoms with E-state index in [4.69, 9.17) is 35.4 Å². The summed E-state index contributed by atoms with van der Waals surface area (Å²) >= 11 is 17.3. The van der Waals surface area contributed by atoms with Crippen LogP contribution in [0.25, 0.3) is 11.3 Å². The maximum Gasteiger partial charge on any atom is 0.122 e. The summed E-state index contributed by atoms with van der Waals surface area (Å²) in [6.07, 6.45) is 0. The Kier molecular flexibility index (Phi) is 3.52. The third-order valence-corrected chi connectivity index (χ3v) is 3.67. The zero-order chi connectivity index (χ0) is 12.6. The quantitative estimate of drug-likeness (QED) is 0.767. The maximum atomic E-state index is 6.16. The molecule has 0 spiro atoms. The van der Waals surface area contributed by atoms with E-state index in [0.29, 0.717) is 14.7 Å². The monoisotopic (exact) mass is 284 g/mol. The van der Waals surface area contributed by atoms with E-state index >= 15 is 0 Å². The topological polar surface area (TPSA) is 28.7 Å². The Morgan fingerprint density at radius 3 is 2.59 bits per heavy atom. The highest BCUT2D eigenvalue weighted by Gasteiger charge is 2.11. The van der Waals surface area contributed by atoms with E-state index in [9.17, 15) is 0 Å². The van der Waals surface area contributed by atoms with E-state index < -0.39 is 0 Å². The number of hydrogen-bond acceptors (Lipinski definition) is 2. The number of aromatic nitrogens is 2. The van der Waals surface area contributed by atoms with Gasteiger partial charge in [0.2, 0.25) is 0 Å². The Hall–Kier alpha value is -0.900. The average molecular weight is 285 g/mol. The number of rotatable bonds is 1. The van der Waals surface area contributed by atoms with Gasteiger partial charge in [-0.1, -0.05) is 35.4 Å². The number of aromatic amines is 1. The lowest BCUT2D eigenvalue weighted by Crippen LogP contribution is -1.97. The molecular formula is C12H10Cl2N2S. The van der Waals surface area contributed by atoms with Crippen molar-refractivity contribution in [1.82, 2.24) is 10.2 Å². The smallest absolute Gasteiger partial charge is 0.122 e. The van der Waals surface area contributed by atoms with Crippen molar-refractivity contribution in [2.45, 2.75) is 13.8 Å². The van der Waals surface area contributed by atoms with Crippen molar-refractivity contribution in [2.24, 2.45) is 0 Å². The summed E-state index contributed by atoms with van der Waals surface area (Å²) in [6.45, 7) is 3.93. The minimum Gasteiger partial charge on any atom is -0.267 e. The van der Waals surface area contributed by atoms with Crippen molar-refractivity contribution in [1.29, 1.82) is 0 Å². The number of benzene rings is 1. The molecule has 1 aromatic carbocycles. The SMILES string of the molecule is Cc1c(-c2cc(Cl)ccc2Cl)n[nH]c(=S)c1C. The van der Waals surface area contributed by atoms with Crippen LogP contribution in [0.3, 0.4) is 0 Å². The molecular weight excluding hydrogens is 275 g/mol. The lowest BCUT2D eigenvalue weighted by Gasteiger charge is -2.09. The fraction of sp³-hybridized carbons (Fsp3) is 0.167. The van der Waals surface area contributed by atoms with Gasteiger partial charge in [-0.05, 0) is 43.2 Å². The van der Waals surface area contributed by atoms with Gasteiger partial charge in [0.05, 0.1) is 10.7 Å². The van der Waals surface area contributed by atoms with E-state index in [1.165, 1.54) is 0 Å². The largest absolute Gasteiger partial charge is 0.267 e. The summed E-state index contributed by atoms with van der Waals surface area (Å²) in [5, 5.41) is 8.31. The molecule has 0 bridgehead atoms. The number of hydrogen-bond donors (Lipinski definition) is 1. The highest BCUT2D eigenvalue weighted by Crippen LogP contribution is 2.31. The van der Waals surface area contributed by atoms with Crippen LogP contribution in [-0.4, -0.2) is 10.2 Å². The van der Waals surface area contributed by atoms with E-state index in [1.54, 1.807) is 18.2 Å². The molecule has 0 radical (unpaired) electrons. The van der Waals surface area contributed by atoms with Crippen molar-refractivity contribution in [3.8, 4) is 11.3 Å². The van der Waals surface area contributed by atoms with Crippen LogP contribution in [0.5, 0.6) is 0 Å². The van der Waals surface area contributed by atoms with Crippen molar-refractivity contribution in [3.05, 3.63) is 44.0 Å². The summed E-state index contributed by atoms with van der Waals surface area (Å²) in [6, 6.07) is 5.31. The van der Waals surface area contributed by atoms with E-state index in [1.807, 2.05) is 13.8 Å². The molecule has 1 heterocycles. The van der Waals surface area contributed by atoms with Crippen LogP contribution in [0.1, 0.15) is 11.1 Å². The summed E-state index contributed by atoms with van der Waals surface area (Å²) in [5.74, 6) is 0. The highest BCUT2D eigenvalue weighted by atomic mass is 35.5. The Bertz CT molecular complexity index is 635. The molecule has 0 atom stereocenters. The third-order valence-electron chi connectivity index (χ3n) is 2.71. The molecule has 0 unspecified atom stereocenters. The molecule has 0 amide bonds. The van der Waals surface area contributed by atoms with Gasteiger partial charge < -0.3 is 0 Å². The van der Waals surface area contributed by atoms with Gasteiger partial charge in [-0.25, -0.2) is 0 Å². The fourth-order valence-electron chi connectivity index (χ4n) is 1.56. The lowest BCUT2D eigenvalue weighted by molar-refractivity contribution is 0.987. The van der Waals surface area contributed by atoms with Crippen molar-refractivity contribution in [2.75, 3.05) is 0 Å². The second-order valence-electron chi connectivity index (χ2n) is 3.78. The van der Waals surface area contributed by atoms with E-state index in [-0.39, 0.29) is 0 Å². The molecule has 2 rings (SSSR count). The van der Waals surface area contributed by atoms with Gasteiger partial charge in [0, 0.05) is 10.6 Å². The summed E-state index contributed by atoms with van der Waals surface area (Å²) < 4.78 is 0.643. The summed E-state index contributed by atoms with van der Waals surface area (Å²) in [5.41, 5.74) is 3.61. The molecule has 17 heavy (non-hydrogen) atoms. The minimum absolute atomic E-state index is 0.620. The molecule has 2 nitrogen and oxygen atoms in total. The minimum atomic E-state index is 0.620. The van der Waals surface area contributed by atoms with Gasteiger partial charge >= 0.3 is 0 Å². The second kappa shape index (κ2) is 4.77. The van der Waals surface area contributed by atoms with Gasteiger partial charge in [-0.3, -0.25) is 5.10 Å². The van der Waals surface area contributed by atoms with Crippen LogP contribution in [0.2, 0.25) is 10.0 Å². The number of nitrogens with one attached hydrogen (secondary N) is 1. The zero-order valence-corrected chi connectivity index (χ0v) is 11.7. The molecule has 88 valence electrons. The number of nitrogens with zero attached hydrogens (tertiary/aromatic N) is 1. The average Bonchev–Trinajstić information content (AvgIpc) is 2.30. The zero-order valence-electron chi connectivity index (χ0n) is 9.34. The molecule has 0 aliphatic rings. The van der Waals surface area contributed by atoms with Gasteiger partial charge in [-0.2, -0.15) is 5.10 Å². The summed E-state index contributed by atoms with van der Waals surface area (Å²) in [4.78, 5) is 0. The Morgan fingerprint density at radius 2 is 1.88 bits per heavy atom. The van der Waals surface area contributed by atoms with Crippen LogP contribution in [0.4, 0.5) is 0 Å². The molecule has 1 N–H and O–H groups in total. The maximum absolute atomic E-state index is 6.16. The van der Waals surface area contributed by atoms with E-state index in [2.05, 4.69) is 10.2 Å². The first-order chi connectivity index (χ1) is 8.00. The second-order valence-corrected chi connectivity index (χ2v) is 5.03. The van der Waals surface area contributed by atoms with Crippen LogP contribution < -0.4 is 0 Å². The Balaban J connectivity index is 2.73. The first kappa shape index (κ1) is 12.6. The molecule has 0 aliphatic carbocycles. The predicted molar refractivity (Wildman–Crippen MR) is 74.4 cm³/mol. The number of halogens is 2. The van der Waals surface area contributed by atoms with Crippen molar-refractivity contribution >= 4 is 35.4 Å². The van der Waals surface area contributed by atoms with Crippen molar-refractivity contribution in [3.63, 3.8) is 0 Å². The predicted octanol–water partition coefficient (Wildman–Crippen LogP) is 4.73. The molecule has 0 fully saturated rings. The van der Waals surface area contributed by atoms with Gasteiger partial charge in [0.15, 0.2) is 0 Å². The van der Waals surface area contributed by atoms with Gasteiger partial charge in [0.25, 0.3) is 0 Å². The van der Waals surface area contributed by atoms with Gasteiger partial charge in [-0.15, -0.1) is 0 Å². The van der Waals surface area contributed by atoms with Gasteiger partial charge in [0.1, 0.15) is 4.64 Å². The molecule has 0 saturated heterocycles. The van der Waals surface area contributed by atoms with Crippen LogP contribution in [-0.2, 0) is 0 Å². The van der Waals surface area contributed by atoms with E-state index in [0.717, 1.165) is 22.4 Å². The fourth-order valence-corrected chi connectivity index (χ4v) is 2.14. The molecule has 5 heteroatoms. The first-order valence-electron chi connectivity index (χ1n) is 5.02. The standard InChI is InChI=1S/C12H10Cl2N2S/c1-6-7(2)12(17)16-15-11(6)9-5-8(13)3-4-10(9)14/h3-5H,1-2H3,(H,16,17). The lowest BCUT2D eigenvalue weighted by atomic mass is 10.0. The first-order valence-corrected chi connectivity index (χ1v) is 6.18. The van der Waals surface area contributed by atoms with Crippen LogP contribution in [0.15, 0.2) is 18.2 Å². The highest BCUT2D eigenvalue weighted by molar-refractivity contribution is 7.71. The normalized spacial score (nSPS) is 10.6. The third kappa shape index (κ3) is 2.37. The number of H-pyrrole nitrogens is 1. The molecule has 1 aromatic heterocycles. The summed E-state index contributed by atoms with van der Waals surface area (Å²) in [7, 11) is 0. The Morgan fingerprint density at radius 1 is 1.18 bits per heavy atom. The van der Waals surface area contributed by atoms with Crippen molar-refractivity contribution < 1.29 is 0 Å². The molecule has 2 aromatic rings. The van der Waals surface area contributed by atoms with Crippen LogP contribution in [0, 0.1) is 18.5 Å². The molecule has 0 saturated carbocycles. The molecule has 0 aliphatic heterocycles.